The van der Waals surface area contributed by atoms with Gasteiger partial charge in [-0.05, 0) is 12.1 Å². The minimum Gasteiger partial charge on any atom is -0.383 e. The quantitative estimate of drug-likeness (QED) is 0.435. The molecule has 0 aliphatic carbocycles. The van der Waals surface area contributed by atoms with Gasteiger partial charge in [-0.25, -0.2) is 4.98 Å². The Morgan fingerprint density at radius 1 is 1.50 bits per heavy atom. The number of nitrogens with zero attached hydrogens (tertiary/aromatic N) is 2. The summed E-state index contributed by atoms with van der Waals surface area (Å²) in [5.74, 6) is -0.0807. The molecule has 0 N–H and O–H groups in total. The molecule has 1 rings (SSSR count). The van der Waals surface area contributed by atoms with Crippen LogP contribution in [-0.2, 0) is 0 Å². The molecule has 0 radical (unpaired) electrons. The number of halogens is 1. The van der Waals surface area contributed by atoms with E-state index in [0.717, 1.165) is 0 Å². The van der Waals surface area contributed by atoms with E-state index in [4.69, 9.17) is 11.6 Å². The van der Waals surface area contributed by atoms with Crippen molar-refractivity contribution in [2.75, 3.05) is 14.1 Å². The molecule has 0 bridgehead atoms. The van der Waals surface area contributed by atoms with Gasteiger partial charge in [-0.2, -0.15) is 0 Å². The number of ketones is 1. The van der Waals surface area contributed by atoms with E-state index in [-0.39, 0.29) is 5.78 Å². The Labute approximate surface area is 88.0 Å². The van der Waals surface area contributed by atoms with Crippen LogP contribution in [0.4, 0.5) is 0 Å². The fourth-order valence-electron chi connectivity index (χ4n) is 0.835. The van der Waals surface area contributed by atoms with E-state index >= 15 is 0 Å². The summed E-state index contributed by atoms with van der Waals surface area (Å²) in [6.45, 7) is 0. The van der Waals surface area contributed by atoms with Crippen LogP contribution in [0.5, 0.6) is 0 Å². The fraction of sp³-hybridized carbons (Fsp3) is 0.200. The van der Waals surface area contributed by atoms with E-state index < -0.39 is 0 Å². The number of allylic oxidation sites excluding steroid dienone is 1. The summed E-state index contributed by atoms with van der Waals surface area (Å²) in [6, 6.07) is 3.25. The van der Waals surface area contributed by atoms with Gasteiger partial charge in [0.1, 0.15) is 5.15 Å². The number of carbonyl (C=O) groups is 1. The molecule has 0 fully saturated rings. The van der Waals surface area contributed by atoms with Crippen LogP contribution < -0.4 is 0 Å². The van der Waals surface area contributed by atoms with Crippen LogP contribution in [0.3, 0.4) is 0 Å². The second kappa shape index (κ2) is 4.77. The summed E-state index contributed by atoms with van der Waals surface area (Å²) in [6.07, 6.45) is 4.65. The fourth-order valence-corrected chi connectivity index (χ4v) is 0.946. The maximum Gasteiger partial charge on any atom is 0.188 e. The summed E-state index contributed by atoms with van der Waals surface area (Å²) in [5.41, 5.74) is 0.535. The van der Waals surface area contributed by atoms with Crippen LogP contribution in [-0.4, -0.2) is 29.8 Å². The maximum atomic E-state index is 11.5. The Bertz CT molecular complexity index is 344. The predicted molar refractivity (Wildman–Crippen MR) is 56.4 cm³/mol. The Hall–Kier alpha value is -1.35. The highest BCUT2D eigenvalue weighted by Crippen LogP contribution is 2.06. The average Bonchev–Trinajstić information content (AvgIpc) is 2.15. The van der Waals surface area contributed by atoms with Crippen molar-refractivity contribution < 1.29 is 4.79 Å². The molecule has 0 aliphatic heterocycles. The summed E-state index contributed by atoms with van der Waals surface area (Å²) in [4.78, 5) is 17.1. The highest BCUT2D eigenvalue weighted by molar-refractivity contribution is 6.29. The van der Waals surface area contributed by atoms with Gasteiger partial charge < -0.3 is 4.90 Å². The average molecular weight is 211 g/mol. The molecule has 4 heteroatoms. The van der Waals surface area contributed by atoms with E-state index in [1.54, 1.807) is 23.2 Å². The molecule has 0 aromatic carbocycles. The first-order valence-electron chi connectivity index (χ1n) is 4.10. The van der Waals surface area contributed by atoms with E-state index in [9.17, 15) is 4.79 Å². The second-order valence-electron chi connectivity index (χ2n) is 3.01. The van der Waals surface area contributed by atoms with Gasteiger partial charge in [-0.3, -0.25) is 4.79 Å². The van der Waals surface area contributed by atoms with E-state index in [1.165, 1.54) is 12.3 Å². The molecule has 0 atom stereocenters. The van der Waals surface area contributed by atoms with Crippen molar-refractivity contribution >= 4 is 17.4 Å². The molecule has 1 aromatic heterocycles. The van der Waals surface area contributed by atoms with Crippen LogP contribution in [0.2, 0.25) is 5.15 Å². The number of pyridine rings is 1. The van der Waals surface area contributed by atoms with Crippen molar-refractivity contribution in [3.63, 3.8) is 0 Å². The van der Waals surface area contributed by atoms with Crippen LogP contribution in [0, 0.1) is 0 Å². The zero-order valence-corrected chi connectivity index (χ0v) is 8.82. The molecule has 14 heavy (non-hydrogen) atoms. The molecule has 0 saturated carbocycles. The minimum atomic E-state index is -0.0807. The van der Waals surface area contributed by atoms with Crippen molar-refractivity contribution in [3.8, 4) is 0 Å². The topological polar surface area (TPSA) is 33.2 Å². The molecular formula is C10H11ClN2O. The van der Waals surface area contributed by atoms with Gasteiger partial charge >= 0.3 is 0 Å². The van der Waals surface area contributed by atoms with Gasteiger partial charge in [0.25, 0.3) is 0 Å². The van der Waals surface area contributed by atoms with Crippen LogP contribution in [0.1, 0.15) is 10.4 Å². The van der Waals surface area contributed by atoms with Gasteiger partial charge in [0.15, 0.2) is 5.78 Å². The van der Waals surface area contributed by atoms with Crippen LogP contribution >= 0.6 is 11.6 Å². The normalized spacial score (nSPS) is 10.5. The number of carbonyl (C=O) groups excluding carboxylic acids is 1. The standard InChI is InChI=1S/C10H11ClN2O/c1-13(2)6-5-9(14)8-3-4-10(11)12-7-8/h3-7H,1-2H3/b6-5+. The van der Waals surface area contributed by atoms with Gasteiger partial charge in [0.2, 0.25) is 0 Å². The SMILES string of the molecule is CN(C)/C=C/C(=O)c1ccc(Cl)nc1. The largest absolute Gasteiger partial charge is 0.383 e. The highest BCUT2D eigenvalue weighted by Gasteiger charge is 2.01. The molecular weight excluding hydrogens is 200 g/mol. The molecule has 0 saturated heterocycles. The number of rotatable bonds is 3. The lowest BCUT2D eigenvalue weighted by atomic mass is 10.2. The summed E-state index contributed by atoms with van der Waals surface area (Å²) in [5, 5.41) is 0.387. The molecule has 74 valence electrons. The highest BCUT2D eigenvalue weighted by atomic mass is 35.5. The Morgan fingerprint density at radius 2 is 2.21 bits per heavy atom. The first-order valence-corrected chi connectivity index (χ1v) is 4.48. The van der Waals surface area contributed by atoms with Gasteiger partial charge in [0.05, 0.1) is 0 Å². The molecule has 0 spiro atoms. The van der Waals surface area contributed by atoms with Gasteiger partial charge in [-0.15, -0.1) is 0 Å². The molecule has 0 unspecified atom stereocenters. The van der Waals surface area contributed by atoms with Gasteiger partial charge in [0, 0.05) is 38.1 Å². The molecule has 1 heterocycles. The lowest BCUT2D eigenvalue weighted by molar-refractivity contribution is 0.104. The van der Waals surface area contributed by atoms with Crippen LogP contribution in [0.15, 0.2) is 30.6 Å². The summed E-state index contributed by atoms with van der Waals surface area (Å²) < 4.78 is 0. The van der Waals surface area contributed by atoms with Crippen molar-refractivity contribution in [1.29, 1.82) is 0 Å². The third-order valence-electron chi connectivity index (χ3n) is 1.54. The second-order valence-corrected chi connectivity index (χ2v) is 3.40. The molecule has 1 aromatic rings. The predicted octanol–water partition coefficient (Wildman–Crippen LogP) is 1.99. The van der Waals surface area contributed by atoms with E-state index in [2.05, 4.69) is 4.98 Å². The molecule has 3 nitrogen and oxygen atoms in total. The zero-order chi connectivity index (χ0) is 10.6. The van der Waals surface area contributed by atoms with E-state index in [0.29, 0.717) is 10.7 Å². The van der Waals surface area contributed by atoms with Crippen molar-refractivity contribution in [2.45, 2.75) is 0 Å². The van der Waals surface area contributed by atoms with Crippen molar-refractivity contribution in [2.24, 2.45) is 0 Å². The van der Waals surface area contributed by atoms with E-state index in [1.807, 2.05) is 14.1 Å². The lowest BCUT2D eigenvalue weighted by Gasteiger charge is -2.02. The monoisotopic (exact) mass is 210 g/mol. The number of hydrogen-bond donors (Lipinski definition) is 0. The van der Waals surface area contributed by atoms with Crippen molar-refractivity contribution in [3.05, 3.63) is 41.3 Å². The Morgan fingerprint density at radius 3 is 2.71 bits per heavy atom. The van der Waals surface area contributed by atoms with Gasteiger partial charge in [-0.1, -0.05) is 11.6 Å². The maximum absolute atomic E-state index is 11.5. The summed E-state index contributed by atoms with van der Waals surface area (Å²) in [7, 11) is 3.70. The molecule has 0 amide bonds. The first kappa shape index (κ1) is 10.7. The Balaban J connectivity index is 2.75. The minimum absolute atomic E-state index is 0.0807. The third kappa shape index (κ3) is 3.18. The summed E-state index contributed by atoms with van der Waals surface area (Å²) >= 11 is 5.60. The smallest absolute Gasteiger partial charge is 0.188 e. The lowest BCUT2D eigenvalue weighted by Crippen LogP contribution is -2.03. The Kier molecular flexibility index (Phi) is 3.65. The first-order chi connectivity index (χ1) is 6.59. The molecule has 0 aliphatic rings. The number of aromatic nitrogens is 1. The number of hydrogen-bond acceptors (Lipinski definition) is 3. The van der Waals surface area contributed by atoms with Crippen LogP contribution in [0.25, 0.3) is 0 Å². The zero-order valence-electron chi connectivity index (χ0n) is 8.07. The third-order valence-corrected chi connectivity index (χ3v) is 1.76. The van der Waals surface area contributed by atoms with Crippen molar-refractivity contribution in [1.82, 2.24) is 9.88 Å².